The Morgan fingerprint density at radius 1 is 0.625 bits per heavy atom. The van der Waals surface area contributed by atoms with E-state index in [-0.39, 0.29) is 6.04 Å². The maximum atomic E-state index is 4.99. The van der Waals surface area contributed by atoms with Crippen molar-refractivity contribution in [1.82, 2.24) is 30.2 Å². The third kappa shape index (κ3) is 3.77. The predicted octanol–water partition coefficient (Wildman–Crippen LogP) is 7.18. The molecule has 6 heteroatoms. The van der Waals surface area contributed by atoms with Gasteiger partial charge in [-0.3, -0.25) is 4.98 Å². The van der Waals surface area contributed by atoms with E-state index in [4.69, 9.17) is 15.0 Å². The third-order valence-electron chi connectivity index (χ3n) is 7.45. The maximum Gasteiger partial charge on any atom is 0.178 e. The summed E-state index contributed by atoms with van der Waals surface area (Å²) in [6.07, 6.45) is 11.8. The Balaban J connectivity index is 1.18. The van der Waals surface area contributed by atoms with E-state index in [1.165, 1.54) is 5.39 Å². The van der Waals surface area contributed by atoms with E-state index in [9.17, 15) is 0 Å². The fraction of sp³-hybridized carbons (Fsp3) is 0.0294. The molecule has 1 atom stereocenters. The molecule has 1 aliphatic heterocycles. The SMILES string of the molecule is C1=CC(c2ccnc(-c3ncc4ccc5ccccc5c4n3)c2)=CC(c2ncc3ccc4ccccc4c3n2)N1. The Kier molecular flexibility index (Phi) is 5.10. The lowest BCUT2D eigenvalue weighted by Gasteiger charge is -2.19. The number of nitrogens with one attached hydrogen (secondary N) is 1. The standard InChI is InChI=1S/C34H22N6/c1-3-7-27-21(5-1)9-11-25-19-37-33(39-31(25)27)29-17-23(13-15-35-29)24-14-16-36-30(18-24)34-38-20-26-12-10-22-6-2-4-8-28(22)32(26)40-34/h1-20,29,35H. The topological polar surface area (TPSA) is 76.5 Å². The van der Waals surface area contributed by atoms with Crippen molar-refractivity contribution in [3.63, 3.8) is 0 Å². The molecule has 4 aromatic carbocycles. The molecule has 40 heavy (non-hydrogen) atoms. The van der Waals surface area contributed by atoms with E-state index >= 15 is 0 Å². The average Bonchev–Trinajstić information content (AvgIpc) is 3.04. The number of dihydropyridines is 1. The van der Waals surface area contributed by atoms with Crippen LogP contribution in [-0.2, 0) is 0 Å². The van der Waals surface area contributed by atoms with Gasteiger partial charge in [0.15, 0.2) is 11.6 Å². The Morgan fingerprint density at radius 3 is 2.08 bits per heavy atom. The zero-order valence-electron chi connectivity index (χ0n) is 21.4. The first-order chi connectivity index (χ1) is 19.8. The van der Waals surface area contributed by atoms with Crippen LogP contribution in [0.15, 0.2) is 122 Å². The molecule has 0 bridgehead atoms. The summed E-state index contributed by atoms with van der Waals surface area (Å²) in [5, 5.41) is 10.00. The molecule has 8 rings (SSSR count). The molecule has 0 saturated carbocycles. The quantitative estimate of drug-likeness (QED) is 0.252. The van der Waals surface area contributed by atoms with Crippen LogP contribution in [0, 0.1) is 0 Å². The number of benzene rings is 4. The summed E-state index contributed by atoms with van der Waals surface area (Å²) >= 11 is 0. The van der Waals surface area contributed by atoms with Crippen LogP contribution in [0.2, 0.25) is 0 Å². The molecule has 0 radical (unpaired) electrons. The molecule has 0 saturated heterocycles. The number of fused-ring (bicyclic) bond motifs is 6. The Labute approximate surface area is 229 Å². The highest BCUT2D eigenvalue weighted by Gasteiger charge is 2.17. The van der Waals surface area contributed by atoms with Gasteiger partial charge in [-0.2, -0.15) is 0 Å². The van der Waals surface area contributed by atoms with Crippen molar-refractivity contribution >= 4 is 48.9 Å². The number of pyridine rings is 1. The Morgan fingerprint density at radius 2 is 1.30 bits per heavy atom. The number of hydrogen-bond donors (Lipinski definition) is 1. The van der Waals surface area contributed by atoms with Crippen molar-refractivity contribution in [2.24, 2.45) is 0 Å². The molecular formula is C34H22N6. The number of nitrogens with zero attached hydrogens (tertiary/aromatic N) is 5. The minimum Gasteiger partial charge on any atom is -0.378 e. The van der Waals surface area contributed by atoms with Gasteiger partial charge < -0.3 is 5.32 Å². The highest BCUT2D eigenvalue weighted by atomic mass is 15.0. The first kappa shape index (κ1) is 22.5. The van der Waals surface area contributed by atoms with Gasteiger partial charge in [-0.15, -0.1) is 0 Å². The third-order valence-corrected chi connectivity index (χ3v) is 7.45. The number of hydrogen-bond acceptors (Lipinski definition) is 6. The summed E-state index contributed by atoms with van der Waals surface area (Å²) in [7, 11) is 0. The van der Waals surface area contributed by atoms with E-state index in [0.29, 0.717) is 5.82 Å². The second-order valence-electron chi connectivity index (χ2n) is 9.90. The van der Waals surface area contributed by atoms with Crippen LogP contribution in [0.4, 0.5) is 0 Å². The van der Waals surface area contributed by atoms with Gasteiger partial charge >= 0.3 is 0 Å². The van der Waals surface area contributed by atoms with Crippen LogP contribution in [0.1, 0.15) is 17.4 Å². The van der Waals surface area contributed by atoms with Crippen LogP contribution in [0.5, 0.6) is 0 Å². The summed E-state index contributed by atoms with van der Waals surface area (Å²) in [5.74, 6) is 1.33. The second kappa shape index (κ2) is 9.06. The van der Waals surface area contributed by atoms with Gasteiger partial charge in [-0.05, 0) is 52.4 Å². The summed E-state index contributed by atoms with van der Waals surface area (Å²) in [6, 6.07) is 28.8. The van der Waals surface area contributed by atoms with Crippen LogP contribution >= 0.6 is 0 Å². The highest BCUT2D eigenvalue weighted by Crippen LogP contribution is 2.30. The lowest BCUT2D eigenvalue weighted by Crippen LogP contribution is -2.19. The predicted molar refractivity (Wildman–Crippen MR) is 160 cm³/mol. The van der Waals surface area contributed by atoms with Gasteiger partial charge in [-0.1, -0.05) is 72.8 Å². The van der Waals surface area contributed by atoms with Crippen molar-refractivity contribution in [3.05, 3.63) is 133 Å². The summed E-state index contributed by atoms with van der Waals surface area (Å²) in [6.45, 7) is 0. The minimum absolute atomic E-state index is 0.164. The molecule has 0 fully saturated rings. The molecule has 4 heterocycles. The summed E-state index contributed by atoms with van der Waals surface area (Å²) < 4.78 is 0. The van der Waals surface area contributed by atoms with Crippen molar-refractivity contribution in [1.29, 1.82) is 0 Å². The molecule has 1 aliphatic rings. The molecule has 0 spiro atoms. The second-order valence-corrected chi connectivity index (χ2v) is 9.90. The van der Waals surface area contributed by atoms with Gasteiger partial charge in [0.05, 0.1) is 11.0 Å². The molecule has 3 aromatic heterocycles. The van der Waals surface area contributed by atoms with E-state index in [2.05, 4.69) is 76.0 Å². The summed E-state index contributed by atoms with van der Waals surface area (Å²) in [5.41, 5.74) is 4.70. The number of allylic oxidation sites excluding steroid dienone is 2. The first-order valence-electron chi connectivity index (χ1n) is 13.2. The lowest BCUT2D eigenvalue weighted by molar-refractivity contribution is 0.698. The van der Waals surface area contributed by atoms with E-state index in [0.717, 1.165) is 60.6 Å². The number of rotatable bonds is 3. The van der Waals surface area contributed by atoms with Crippen LogP contribution in [0.3, 0.4) is 0 Å². The minimum atomic E-state index is -0.164. The van der Waals surface area contributed by atoms with Crippen molar-refractivity contribution in [3.8, 4) is 11.5 Å². The average molecular weight is 515 g/mol. The van der Waals surface area contributed by atoms with Gasteiger partial charge in [0, 0.05) is 40.1 Å². The molecule has 1 unspecified atom stereocenters. The zero-order valence-corrected chi connectivity index (χ0v) is 21.4. The van der Waals surface area contributed by atoms with E-state index in [1.54, 1.807) is 0 Å². The molecule has 6 nitrogen and oxygen atoms in total. The van der Waals surface area contributed by atoms with Crippen molar-refractivity contribution in [2.45, 2.75) is 6.04 Å². The monoisotopic (exact) mass is 514 g/mol. The Hall–Kier alpha value is -5.49. The van der Waals surface area contributed by atoms with Gasteiger partial charge in [0.25, 0.3) is 0 Å². The number of aromatic nitrogens is 5. The molecule has 7 aromatic rings. The van der Waals surface area contributed by atoms with Crippen molar-refractivity contribution < 1.29 is 0 Å². The van der Waals surface area contributed by atoms with Gasteiger partial charge in [0.1, 0.15) is 11.7 Å². The molecule has 0 amide bonds. The van der Waals surface area contributed by atoms with Crippen LogP contribution < -0.4 is 5.32 Å². The smallest absolute Gasteiger partial charge is 0.178 e. The van der Waals surface area contributed by atoms with Crippen molar-refractivity contribution in [2.75, 3.05) is 0 Å². The largest absolute Gasteiger partial charge is 0.378 e. The molecule has 188 valence electrons. The fourth-order valence-corrected chi connectivity index (χ4v) is 5.42. The highest BCUT2D eigenvalue weighted by molar-refractivity contribution is 6.06. The van der Waals surface area contributed by atoms with E-state index in [1.807, 2.05) is 61.2 Å². The maximum absolute atomic E-state index is 4.99. The Bertz CT molecular complexity index is 2160. The van der Waals surface area contributed by atoms with Crippen LogP contribution in [-0.4, -0.2) is 24.9 Å². The summed E-state index contributed by atoms with van der Waals surface area (Å²) in [4.78, 5) is 23.9. The van der Waals surface area contributed by atoms with Crippen LogP contribution in [0.25, 0.3) is 60.4 Å². The van der Waals surface area contributed by atoms with Gasteiger partial charge in [0.2, 0.25) is 0 Å². The fourth-order valence-electron chi connectivity index (χ4n) is 5.42. The molecule has 0 aliphatic carbocycles. The molecular weight excluding hydrogens is 492 g/mol. The first-order valence-corrected chi connectivity index (χ1v) is 13.2. The molecule has 1 N–H and O–H groups in total. The van der Waals surface area contributed by atoms with E-state index < -0.39 is 0 Å². The van der Waals surface area contributed by atoms with Gasteiger partial charge in [-0.25, -0.2) is 19.9 Å². The lowest BCUT2D eigenvalue weighted by atomic mass is 10.0. The normalized spacial score (nSPS) is 15.0. The zero-order chi connectivity index (χ0) is 26.5.